The van der Waals surface area contributed by atoms with Gasteiger partial charge < -0.3 is 25.6 Å². The Hall–Kier alpha value is -1.44. The Balaban J connectivity index is 2.72. The second-order valence-electron chi connectivity index (χ2n) is 4.31. The van der Waals surface area contributed by atoms with Crippen LogP contribution in [0, 0.1) is 0 Å². The summed E-state index contributed by atoms with van der Waals surface area (Å²) in [6, 6.07) is 4.51. The molecule has 1 aromatic carbocycles. The summed E-state index contributed by atoms with van der Waals surface area (Å²) in [5.41, 5.74) is 6.39. The number of carbonyl (C=O) groups is 1. The van der Waals surface area contributed by atoms with Crippen molar-refractivity contribution in [1.29, 1.82) is 0 Å². The molecule has 0 aliphatic carbocycles. The number of benzene rings is 1. The minimum absolute atomic E-state index is 0.0979. The van der Waals surface area contributed by atoms with Gasteiger partial charge in [0.1, 0.15) is 6.61 Å². The number of nitrogens with two attached hydrogens (primary N) is 1. The summed E-state index contributed by atoms with van der Waals surface area (Å²) >= 11 is 1.65. The number of thioether (sulfide) groups is 1. The summed E-state index contributed by atoms with van der Waals surface area (Å²) in [4.78, 5) is 11.9. The first-order valence-electron chi connectivity index (χ1n) is 6.59. The Kier molecular flexibility index (Phi) is 7.96. The van der Waals surface area contributed by atoms with E-state index in [2.05, 4.69) is 5.32 Å². The molecule has 4 N–H and O–H groups in total. The van der Waals surface area contributed by atoms with Gasteiger partial charge in [0.05, 0.1) is 19.8 Å². The van der Waals surface area contributed by atoms with Crippen LogP contribution in [0.3, 0.4) is 0 Å². The van der Waals surface area contributed by atoms with Crippen LogP contribution in [0.2, 0.25) is 0 Å². The van der Waals surface area contributed by atoms with Gasteiger partial charge in [0, 0.05) is 11.8 Å². The minimum atomic E-state index is -0.540. The normalized spacial score (nSPS) is 11.8. The van der Waals surface area contributed by atoms with Gasteiger partial charge in [0.2, 0.25) is 5.91 Å². The van der Waals surface area contributed by atoms with E-state index in [1.807, 2.05) is 6.26 Å². The molecule has 0 radical (unpaired) electrons. The van der Waals surface area contributed by atoms with Crippen LogP contribution < -0.4 is 20.5 Å². The molecule has 1 rings (SSSR count). The van der Waals surface area contributed by atoms with Crippen molar-refractivity contribution in [2.75, 3.05) is 37.6 Å². The highest BCUT2D eigenvalue weighted by atomic mass is 32.2. The Morgan fingerprint density at radius 2 is 2.24 bits per heavy atom. The summed E-state index contributed by atoms with van der Waals surface area (Å²) in [5.74, 6) is 1.60. The molecule has 21 heavy (non-hydrogen) atoms. The zero-order valence-electron chi connectivity index (χ0n) is 12.3. The molecule has 0 aliphatic rings. The van der Waals surface area contributed by atoms with Crippen molar-refractivity contribution in [3.8, 4) is 11.5 Å². The third-order valence-electron chi connectivity index (χ3n) is 2.75. The predicted octanol–water partition coefficient (Wildman–Crippen LogP) is 1.09. The van der Waals surface area contributed by atoms with Crippen molar-refractivity contribution in [2.24, 2.45) is 5.73 Å². The van der Waals surface area contributed by atoms with Crippen LogP contribution in [0.25, 0.3) is 0 Å². The Bertz CT molecular complexity index is 457. The molecule has 1 amide bonds. The quantitative estimate of drug-likeness (QED) is 0.631. The fourth-order valence-corrected chi connectivity index (χ4v) is 2.12. The minimum Gasteiger partial charge on any atom is -0.493 e. The van der Waals surface area contributed by atoms with E-state index in [0.717, 1.165) is 5.75 Å². The highest BCUT2D eigenvalue weighted by molar-refractivity contribution is 7.98. The molecule has 1 aromatic rings. The zero-order chi connectivity index (χ0) is 15.7. The highest BCUT2D eigenvalue weighted by Crippen LogP contribution is 2.30. The monoisotopic (exact) mass is 314 g/mol. The van der Waals surface area contributed by atoms with Crippen molar-refractivity contribution >= 4 is 23.4 Å². The van der Waals surface area contributed by atoms with Crippen LogP contribution in [0.5, 0.6) is 11.5 Å². The van der Waals surface area contributed by atoms with Crippen LogP contribution >= 0.6 is 11.8 Å². The standard InChI is InChI=1S/C14H22N2O4S/c1-19-12-4-3-10(9-13(12)20-7-6-17)16-14(18)11(15)5-8-21-2/h3-4,9,11,17H,5-8,15H2,1-2H3,(H,16,18)/t11-/m0/s1. The molecule has 0 bridgehead atoms. The molecule has 0 heterocycles. The largest absolute Gasteiger partial charge is 0.493 e. The third-order valence-corrected chi connectivity index (χ3v) is 3.39. The molecule has 0 unspecified atom stereocenters. The van der Waals surface area contributed by atoms with E-state index in [1.54, 1.807) is 30.0 Å². The lowest BCUT2D eigenvalue weighted by molar-refractivity contribution is -0.117. The predicted molar refractivity (Wildman–Crippen MR) is 85.2 cm³/mol. The molecule has 0 saturated heterocycles. The number of methoxy groups -OCH3 is 1. The van der Waals surface area contributed by atoms with Gasteiger partial charge >= 0.3 is 0 Å². The Morgan fingerprint density at radius 3 is 2.86 bits per heavy atom. The molecule has 7 heteroatoms. The number of amides is 1. The van der Waals surface area contributed by atoms with Crippen LogP contribution in [0.1, 0.15) is 6.42 Å². The fourth-order valence-electron chi connectivity index (χ4n) is 1.63. The number of rotatable bonds is 9. The number of ether oxygens (including phenoxy) is 2. The Morgan fingerprint density at radius 1 is 1.48 bits per heavy atom. The molecule has 0 aromatic heterocycles. The number of aliphatic hydroxyl groups excluding tert-OH is 1. The van der Waals surface area contributed by atoms with Gasteiger partial charge in [-0.05, 0) is 30.6 Å². The second kappa shape index (κ2) is 9.49. The molecule has 0 spiro atoms. The molecule has 6 nitrogen and oxygen atoms in total. The van der Waals surface area contributed by atoms with Gasteiger partial charge in [-0.15, -0.1) is 0 Å². The summed E-state index contributed by atoms with van der Waals surface area (Å²) in [5, 5.41) is 11.6. The summed E-state index contributed by atoms with van der Waals surface area (Å²) in [6.45, 7) is 0.0558. The topological polar surface area (TPSA) is 93.8 Å². The molecule has 1 atom stereocenters. The smallest absolute Gasteiger partial charge is 0.241 e. The van der Waals surface area contributed by atoms with Gasteiger partial charge in [-0.25, -0.2) is 0 Å². The van der Waals surface area contributed by atoms with Crippen LogP contribution in [0.15, 0.2) is 18.2 Å². The number of hydrogen-bond donors (Lipinski definition) is 3. The molecule has 0 fully saturated rings. The Labute approximate surface area is 129 Å². The van der Waals surface area contributed by atoms with E-state index < -0.39 is 6.04 Å². The summed E-state index contributed by atoms with van der Waals surface area (Å²) in [7, 11) is 1.53. The lowest BCUT2D eigenvalue weighted by atomic mass is 10.2. The average Bonchev–Trinajstić information content (AvgIpc) is 2.50. The number of hydrogen-bond acceptors (Lipinski definition) is 6. The van der Waals surface area contributed by atoms with E-state index in [4.69, 9.17) is 20.3 Å². The number of carbonyl (C=O) groups excluding carboxylic acids is 1. The summed E-state index contributed by atoms with van der Waals surface area (Å²) in [6.07, 6.45) is 2.59. The van der Waals surface area contributed by atoms with E-state index >= 15 is 0 Å². The van der Waals surface area contributed by atoms with Crippen LogP contribution in [0.4, 0.5) is 5.69 Å². The lowest BCUT2D eigenvalue weighted by Gasteiger charge is -2.14. The highest BCUT2D eigenvalue weighted by Gasteiger charge is 2.14. The van der Waals surface area contributed by atoms with Gasteiger partial charge in [-0.2, -0.15) is 11.8 Å². The SMILES string of the molecule is COc1ccc(NC(=O)[C@@H](N)CCSC)cc1OCCO. The zero-order valence-corrected chi connectivity index (χ0v) is 13.1. The van der Waals surface area contributed by atoms with Gasteiger partial charge in [0.25, 0.3) is 0 Å². The van der Waals surface area contributed by atoms with Crippen molar-refractivity contribution in [2.45, 2.75) is 12.5 Å². The average molecular weight is 314 g/mol. The molecule has 118 valence electrons. The number of nitrogens with one attached hydrogen (secondary N) is 1. The first kappa shape index (κ1) is 17.6. The van der Waals surface area contributed by atoms with Crippen molar-refractivity contribution in [3.05, 3.63) is 18.2 Å². The number of aliphatic hydroxyl groups is 1. The molecule has 0 aliphatic heterocycles. The maximum atomic E-state index is 11.9. The molecular formula is C14H22N2O4S. The van der Waals surface area contributed by atoms with Crippen LogP contribution in [-0.4, -0.2) is 49.4 Å². The number of anilines is 1. The lowest BCUT2D eigenvalue weighted by Crippen LogP contribution is -2.36. The second-order valence-corrected chi connectivity index (χ2v) is 5.30. The van der Waals surface area contributed by atoms with Gasteiger partial charge in [-0.1, -0.05) is 0 Å². The molecule has 0 saturated carbocycles. The van der Waals surface area contributed by atoms with Crippen molar-refractivity contribution < 1.29 is 19.4 Å². The van der Waals surface area contributed by atoms with Gasteiger partial charge in [-0.3, -0.25) is 4.79 Å². The first-order chi connectivity index (χ1) is 10.1. The molecular weight excluding hydrogens is 292 g/mol. The first-order valence-corrected chi connectivity index (χ1v) is 7.98. The van der Waals surface area contributed by atoms with E-state index in [1.165, 1.54) is 7.11 Å². The third kappa shape index (κ3) is 5.82. The maximum absolute atomic E-state index is 11.9. The van der Waals surface area contributed by atoms with E-state index in [9.17, 15) is 4.79 Å². The van der Waals surface area contributed by atoms with E-state index in [-0.39, 0.29) is 19.1 Å². The van der Waals surface area contributed by atoms with Crippen LogP contribution in [-0.2, 0) is 4.79 Å². The van der Waals surface area contributed by atoms with E-state index in [0.29, 0.717) is 23.6 Å². The summed E-state index contributed by atoms with van der Waals surface area (Å²) < 4.78 is 10.5. The maximum Gasteiger partial charge on any atom is 0.241 e. The van der Waals surface area contributed by atoms with Crippen molar-refractivity contribution in [3.63, 3.8) is 0 Å². The van der Waals surface area contributed by atoms with Crippen molar-refractivity contribution in [1.82, 2.24) is 0 Å². The fraction of sp³-hybridized carbons (Fsp3) is 0.500. The van der Waals surface area contributed by atoms with Gasteiger partial charge in [0.15, 0.2) is 11.5 Å².